The number of nitrogens with one attached hydrogen (secondary N) is 1. The van der Waals surface area contributed by atoms with Crippen LogP contribution >= 0.6 is 0 Å². The van der Waals surface area contributed by atoms with Gasteiger partial charge in [0.05, 0.1) is 5.39 Å². The van der Waals surface area contributed by atoms with Crippen LogP contribution in [0.3, 0.4) is 0 Å². The van der Waals surface area contributed by atoms with E-state index in [9.17, 15) is 9.59 Å². The van der Waals surface area contributed by atoms with Crippen molar-refractivity contribution in [1.82, 2.24) is 5.32 Å². The van der Waals surface area contributed by atoms with Crippen LogP contribution in [0.25, 0.3) is 21.9 Å². The smallest absolute Gasteiger partial charge is 0.344 e. The molecule has 1 N–H and O–H groups in total. The number of rotatable bonds is 3. The average molecular weight is 361 g/mol. The normalized spacial score (nSPS) is 15.4. The third-order valence-corrected chi connectivity index (χ3v) is 5.30. The Labute approximate surface area is 158 Å². The molecular weight excluding hydrogens is 338 g/mol. The highest BCUT2D eigenvalue weighted by molar-refractivity contribution is 6.07. The number of amides is 1. The molecule has 4 heteroatoms. The fourth-order valence-electron chi connectivity index (χ4n) is 3.93. The zero-order valence-electron chi connectivity index (χ0n) is 15.2. The van der Waals surface area contributed by atoms with Crippen molar-refractivity contribution in [2.75, 3.05) is 0 Å². The lowest BCUT2D eigenvalue weighted by molar-refractivity contribution is 0.0902. The van der Waals surface area contributed by atoms with Crippen molar-refractivity contribution in [3.05, 3.63) is 70.8 Å². The fourth-order valence-corrected chi connectivity index (χ4v) is 3.93. The topological polar surface area (TPSA) is 59.3 Å². The van der Waals surface area contributed by atoms with Gasteiger partial charge >= 0.3 is 5.63 Å². The molecule has 0 bridgehead atoms. The van der Waals surface area contributed by atoms with Crippen LogP contribution in [0.15, 0.2) is 63.8 Å². The summed E-state index contributed by atoms with van der Waals surface area (Å²) in [6, 6.07) is 17.1. The van der Waals surface area contributed by atoms with Gasteiger partial charge in [-0.15, -0.1) is 0 Å². The van der Waals surface area contributed by atoms with E-state index in [0.29, 0.717) is 10.9 Å². The molecule has 0 spiro atoms. The van der Waals surface area contributed by atoms with Crippen LogP contribution in [0.1, 0.15) is 49.1 Å². The zero-order valence-corrected chi connectivity index (χ0v) is 15.2. The van der Waals surface area contributed by atoms with Crippen molar-refractivity contribution in [3.63, 3.8) is 0 Å². The molecule has 1 aromatic heterocycles. The second-order valence-corrected chi connectivity index (χ2v) is 7.17. The number of fused-ring (bicyclic) bond motifs is 1. The summed E-state index contributed by atoms with van der Waals surface area (Å²) in [4.78, 5) is 25.6. The Morgan fingerprint density at radius 3 is 2.19 bits per heavy atom. The van der Waals surface area contributed by atoms with Crippen LogP contribution in [0.4, 0.5) is 0 Å². The predicted octanol–water partition coefficient (Wildman–Crippen LogP) is 4.91. The van der Waals surface area contributed by atoms with E-state index < -0.39 is 5.63 Å². The van der Waals surface area contributed by atoms with E-state index in [1.807, 2.05) is 42.5 Å². The van der Waals surface area contributed by atoms with E-state index in [4.69, 9.17) is 4.42 Å². The van der Waals surface area contributed by atoms with E-state index >= 15 is 0 Å². The first-order chi connectivity index (χ1) is 13.2. The molecule has 1 aliphatic rings. The van der Waals surface area contributed by atoms with Gasteiger partial charge in [0.15, 0.2) is 0 Å². The molecule has 0 unspecified atom stereocenters. The van der Waals surface area contributed by atoms with Gasteiger partial charge in [0, 0.05) is 17.0 Å². The van der Waals surface area contributed by atoms with Crippen molar-refractivity contribution in [1.29, 1.82) is 0 Å². The summed E-state index contributed by atoms with van der Waals surface area (Å²) in [5.74, 6) is -0.197. The minimum Gasteiger partial charge on any atom is -0.416 e. The lowest BCUT2D eigenvalue weighted by Crippen LogP contribution is -2.35. The minimum absolute atomic E-state index is 0.106. The first kappa shape index (κ1) is 17.5. The molecule has 0 atom stereocenters. The number of carbonyl (C=O) groups is 1. The highest BCUT2D eigenvalue weighted by atomic mass is 16.4. The molecule has 4 rings (SSSR count). The van der Waals surface area contributed by atoms with Crippen molar-refractivity contribution in [2.45, 2.75) is 44.6 Å². The lowest BCUT2D eigenvalue weighted by atomic mass is 9.98. The van der Waals surface area contributed by atoms with Gasteiger partial charge in [-0.05, 0) is 24.5 Å². The maximum absolute atomic E-state index is 13.1. The molecule has 0 aliphatic heterocycles. The molecule has 2 aromatic carbocycles. The maximum atomic E-state index is 13.1. The van der Waals surface area contributed by atoms with Crippen molar-refractivity contribution in [2.24, 2.45) is 0 Å². The van der Waals surface area contributed by atoms with Crippen LogP contribution in [0.2, 0.25) is 0 Å². The number of hydrogen-bond donors (Lipinski definition) is 1. The largest absolute Gasteiger partial charge is 0.416 e. The highest BCUT2D eigenvalue weighted by Gasteiger charge is 2.23. The molecule has 3 aromatic rings. The van der Waals surface area contributed by atoms with E-state index in [1.54, 1.807) is 12.1 Å². The highest BCUT2D eigenvalue weighted by Crippen LogP contribution is 2.31. The van der Waals surface area contributed by atoms with Gasteiger partial charge in [-0.1, -0.05) is 74.2 Å². The Balaban J connectivity index is 1.82. The van der Waals surface area contributed by atoms with Gasteiger partial charge in [0.2, 0.25) is 5.76 Å². The standard InChI is InChI=1S/C23H23NO3/c25-22(24-17-12-6-1-2-7-13-17)21-20(16-10-4-3-5-11-16)18-14-8-9-15-19(18)23(26)27-21/h3-5,8-11,14-15,17H,1-2,6-7,12-13H2,(H,24,25). The predicted molar refractivity (Wildman–Crippen MR) is 107 cm³/mol. The van der Waals surface area contributed by atoms with Gasteiger partial charge in [-0.3, -0.25) is 4.79 Å². The first-order valence-electron chi connectivity index (χ1n) is 9.66. The van der Waals surface area contributed by atoms with Crippen molar-refractivity contribution in [3.8, 4) is 11.1 Å². The van der Waals surface area contributed by atoms with Gasteiger partial charge in [-0.25, -0.2) is 4.79 Å². The summed E-state index contributed by atoms with van der Waals surface area (Å²) in [6.45, 7) is 0. The van der Waals surface area contributed by atoms with Crippen LogP contribution < -0.4 is 10.9 Å². The summed E-state index contributed by atoms with van der Waals surface area (Å²) in [5, 5.41) is 4.34. The van der Waals surface area contributed by atoms with Crippen LogP contribution in [0, 0.1) is 0 Å². The lowest BCUT2D eigenvalue weighted by Gasteiger charge is -2.17. The number of hydrogen-bond acceptors (Lipinski definition) is 3. The van der Waals surface area contributed by atoms with Gasteiger partial charge in [0.1, 0.15) is 0 Å². The number of carbonyl (C=O) groups excluding carboxylic acids is 1. The fraction of sp³-hybridized carbons (Fsp3) is 0.304. The molecule has 0 saturated heterocycles. The van der Waals surface area contributed by atoms with Gasteiger partial charge in [-0.2, -0.15) is 0 Å². The average Bonchev–Trinajstić information content (AvgIpc) is 2.97. The summed E-state index contributed by atoms with van der Waals surface area (Å²) < 4.78 is 5.54. The van der Waals surface area contributed by atoms with Crippen LogP contribution in [0.5, 0.6) is 0 Å². The Morgan fingerprint density at radius 2 is 1.48 bits per heavy atom. The van der Waals surface area contributed by atoms with E-state index in [1.165, 1.54) is 12.8 Å². The molecule has 1 aliphatic carbocycles. The van der Waals surface area contributed by atoms with Gasteiger partial charge < -0.3 is 9.73 Å². The van der Waals surface area contributed by atoms with Crippen molar-refractivity contribution < 1.29 is 9.21 Å². The SMILES string of the molecule is O=C(NC1CCCCCC1)c1oc(=O)c2ccccc2c1-c1ccccc1. The van der Waals surface area contributed by atoms with E-state index in [-0.39, 0.29) is 17.7 Å². The summed E-state index contributed by atoms with van der Waals surface area (Å²) >= 11 is 0. The zero-order chi connectivity index (χ0) is 18.6. The molecule has 0 radical (unpaired) electrons. The minimum atomic E-state index is -0.476. The summed E-state index contributed by atoms with van der Waals surface area (Å²) in [5.41, 5.74) is 1.07. The van der Waals surface area contributed by atoms with E-state index in [0.717, 1.165) is 36.6 Å². The van der Waals surface area contributed by atoms with Crippen molar-refractivity contribution >= 4 is 16.7 Å². The molecule has 1 heterocycles. The third-order valence-electron chi connectivity index (χ3n) is 5.30. The molecule has 27 heavy (non-hydrogen) atoms. The third kappa shape index (κ3) is 3.65. The molecule has 1 saturated carbocycles. The molecular formula is C23H23NO3. The van der Waals surface area contributed by atoms with Crippen LogP contribution in [-0.2, 0) is 0 Å². The molecule has 1 fully saturated rings. The molecule has 4 nitrogen and oxygen atoms in total. The Hall–Kier alpha value is -2.88. The quantitative estimate of drug-likeness (QED) is 0.674. The number of benzene rings is 2. The first-order valence-corrected chi connectivity index (χ1v) is 9.66. The van der Waals surface area contributed by atoms with Crippen LogP contribution in [-0.4, -0.2) is 11.9 Å². The summed E-state index contributed by atoms with van der Waals surface area (Å²) in [6.07, 6.45) is 6.63. The Bertz CT molecular complexity index is 999. The Morgan fingerprint density at radius 1 is 0.852 bits per heavy atom. The van der Waals surface area contributed by atoms with Gasteiger partial charge in [0.25, 0.3) is 5.91 Å². The second-order valence-electron chi connectivity index (χ2n) is 7.17. The second kappa shape index (κ2) is 7.78. The Kier molecular flexibility index (Phi) is 5.05. The van der Waals surface area contributed by atoms with E-state index in [2.05, 4.69) is 5.32 Å². The summed E-state index contributed by atoms with van der Waals surface area (Å²) in [7, 11) is 0. The maximum Gasteiger partial charge on any atom is 0.344 e. The molecule has 1 amide bonds. The monoisotopic (exact) mass is 361 g/mol. The molecule has 138 valence electrons.